The van der Waals surface area contributed by atoms with E-state index in [0.717, 1.165) is 5.69 Å². The monoisotopic (exact) mass is 292 g/mol. The van der Waals surface area contributed by atoms with Crippen LogP contribution in [0, 0.1) is 6.92 Å². The molecule has 0 saturated heterocycles. The zero-order valence-electron chi connectivity index (χ0n) is 11.9. The van der Waals surface area contributed by atoms with Crippen LogP contribution in [0.4, 0.5) is 0 Å². The lowest BCUT2D eigenvalue weighted by Crippen LogP contribution is -2.12. The van der Waals surface area contributed by atoms with Crippen molar-refractivity contribution >= 4 is 5.97 Å². The number of pyridine rings is 1. The minimum atomic E-state index is -1.05. The van der Waals surface area contributed by atoms with E-state index in [-0.39, 0.29) is 12.4 Å². The van der Waals surface area contributed by atoms with Crippen LogP contribution in [0.1, 0.15) is 24.5 Å². The SMILES string of the molecule is COc1cnc(C)cc1-c1nc(C(C)O)nn1CC(=O)O. The molecular formula is C13H16N4O4. The Labute approximate surface area is 121 Å². The van der Waals surface area contributed by atoms with Crippen LogP contribution >= 0.6 is 0 Å². The Morgan fingerprint density at radius 3 is 2.81 bits per heavy atom. The van der Waals surface area contributed by atoms with E-state index < -0.39 is 12.1 Å². The van der Waals surface area contributed by atoms with Gasteiger partial charge in [0.2, 0.25) is 0 Å². The van der Waals surface area contributed by atoms with Crippen LogP contribution in [0.2, 0.25) is 0 Å². The van der Waals surface area contributed by atoms with Crippen molar-refractivity contribution in [1.29, 1.82) is 0 Å². The number of aryl methyl sites for hydroxylation is 1. The van der Waals surface area contributed by atoms with Crippen LogP contribution in [0.5, 0.6) is 5.75 Å². The number of carboxylic acid groups (broad SMARTS) is 1. The highest BCUT2D eigenvalue weighted by atomic mass is 16.5. The third-order valence-corrected chi connectivity index (χ3v) is 2.81. The molecule has 0 fully saturated rings. The molecule has 8 heteroatoms. The van der Waals surface area contributed by atoms with Crippen LogP contribution in [0.25, 0.3) is 11.4 Å². The second-order valence-electron chi connectivity index (χ2n) is 4.55. The molecule has 112 valence electrons. The molecule has 21 heavy (non-hydrogen) atoms. The predicted molar refractivity (Wildman–Crippen MR) is 72.8 cm³/mol. The van der Waals surface area contributed by atoms with Crippen LogP contribution in [0.15, 0.2) is 12.3 Å². The van der Waals surface area contributed by atoms with Crippen molar-refractivity contribution in [3.05, 3.63) is 23.8 Å². The van der Waals surface area contributed by atoms with E-state index in [1.54, 1.807) is 13.0 Å². The molecule has 1 unspecified atom stereocenters. The van der Waals surface area contributed by atoms with E-state index in [4.69, 9.17) is 9.84 Å². The number of aliphatic hydroxyl groups excluding tert-OH is 1. The number of aromatic nitrogens is 4. The van der Waals surface area contributed by atoms with Crippen LogP contribution < -0.4 is 4.74 Å². The minimum absolute atomic E-state index is 0.155. The number of hydrogen-bond acceptors (Lipinski definition) is 6. The summed E-state index contributed by atoms with van der Waals surface area (Å²) in [6.45, 7) is 2.95. The Hall–Kier alpha value is -2.48. The second kappa shape index (κ2) is 5.88. The van der Waals surface area contributed by atoms with E-state index in [2.05, 4.69) is 15.1 Å². The molecule has 2 heterocycles. The van der Waals surface area contributed by atoms with Crippen molar-refractivity contribution < 1.29 is 19.7 Å². The lowest BCUT2D eigenvalue weighted by Gasteiger charge is -2.08. The molecule has 0 aliphatic heterocycles. The summed E-state index contributed by atoms with van der Waals surface area (Å²) in [7, 11) is 1.49. The maximum atomic E-state index is 11.0. The number of rotatable bonds is 5. The van der Waals surface area contributed by atoms with Gasteiger partial charge in [-0.3, -0.25) is 9.78 Å². The predicted octanol–water partition coefficient (Wildman–Crippen LogP) is 0.795. The van der Waals surface area contributed by atoms with Gasteiger partial charge in [0.1, 0.15) is 18.4 Å². The number of ether oxygens (including phenoxy) is 1. The number of carboxylic acids is 1. The summed E-state index contributed by atoms with van der Waals surface area (Å²) in [4.78, 5) is 19.3. The summed E-state index contributed by atoms with van der Waals surface area (Å²) in [5.74, 6) is -0.127. The van der Waals surface area contributed by atoms with Gasteiger partial charge in [-0.15, -0.1) is 0 Å². The zero-order valence-corrected chi connectivity index (χ0v) is 11.9. The molecule has 0 radical (unpaired) electrons. The van der Waals surface area contributed by atoms with Gasteiger partial charge >= 0.3 is 5.97 Å². The fraction of sp³-hybridized carbons (Fsp3) is 0.385. The Balaban J connectivity index is 2.61. The molecule has 2 N–H and O–H groups in total. The summed E-state index contributed by atoms with van der Waals surface area (Å²) in [6, 6.07) is 1.73. The molecule has 0 bridgehead atoms. The van der Waals surface area contributed by atoms with E-state index >= 15 is 0 Å². The Morgan fingerprint density at radius 2 is 2.24 bits per heavy atom. The first-order valence-corrected chi connectivity index (χ1v) is 6.28. The lowest BCUT2D eigenvalue weighted by atomic mass is 10.2. The van der Waals surface area contributed by atoms with Crippen LogP contribution in [-0.2, 0) is 11.3 Å². The van der Waals surface area contributed by atoms with Crippen LogP contribution in [0.3, 0.4) is 0 Å². The Kier molecular flexibility index (Phi) is 4.18. The van der Waals surface area contributed by atoms with Gasteiger partial charge in [-0.1, -0.05) is 0 Å². The number of aliphatic hydroxyl groups is 1. The van der Waals surface area contributed by atoms with E-state index in [9.17, 15) is 9.90 Å². The Morgan fingerprint density at radius 1 is 1.52 bits per heavy atom. The maximum Gasteiger partial charge on any atom is 0.325 e. The third-order valence-electron chi connectivity index (χ3n) is 2.81. The van der Waals surface area contributed by atoms with E-state index in [1.807, 2.05) is 0 Å². The molecule has 8 nitrogen and oxygen atoms in total. The summed E-state index contributed by atoms with van der Waals surface area (Å²) < 4.78 is 6.45. The minimum Gasteiger partial charge on any atom is -0.494 e. The fourth-order valence-corrected chi connectivity index (χ4v) is 1.86. The highest BCUT2D eigenvalue weighted by Crippen LogP contribution is 2.29. The average Bonchev–Trinajstić information content (AvgIpc) is 2.81. The van der Waals surface area contributed by atoms with Gasteiger partial charge in [-0.2, -0.15) is 5.10 Å². The summed E-state index contributed by atoms with van der Waals surface area (Å²) in [5, 5.41) is 22.6. The number of nitrogens with zero attached hydrogens (tertiary/aromatic N) is 4. The van der Waals surface area contributed by atoms with Gasteiger partial charge in [0, 0.05) is 5.69 Å². The highest BCUT2D eigenvalue weighted by molar-refractivity contribution is 5.69. The molecule has 1 atom stereocenters. The maximum absolute atomic E-state index is 11.0. The third kappa shape index (κ3) is 3.16. The lowest BCUT2D eigenvalue weighted by molar-refractivity contribution is -0.137. The number of aliphatic carboxylic acids is 1. The average molecular weight is 292 g/mol. The standard InChI is InChI=1S/C13H16N4O4/c1-7-4-9(10(21-3)5-14-7)13-15-12(8(2)18)16-17(13)6-11(19)20/h4-5,8,18H,6H2,1-3H3,(H,19,20). The zero-order chi connectivity index (χ0) is 15.6. The fourth-order valence-electron chi connectivity index (χ4n) is 1.86. The molecular weight excluding hydrogens is 276 g/mol. The van der Waals surface area contributed by atoms with Crippen LogP contribution in [-0.4, -0.2) is 43.0 Å². The molecule has 0 spiro atoms. The first-order valence-electron chi connectivity index (χ1n) is 6.28. The van der Waals surface area contributed by atoms with Crippen molar-refractivity contribution in [3.63, 3.8) is 0 Å². The van der Waals surface area contributed by atoms with E-state index in [1.165, 1.54) is 24.9 Å². The molecule has 2 aromatic rings. The second-order valence-corrected chi connectivity index (χ2v) is 4.55. The quantitative estimate of drug-likeness (QED) is 0.838. The van der Waals surface area contributed by atoms with Crippen molar-refractivity contribution in [2.24, 2.45) is 0 Å². The molecule has 2 aromatic heterocycles. The van der Waals surface area contributed by atoms with Gasteiger partial charge in [0.05, 0.1) is 18.9 Å². The van der Waals surface area contributed by atoms with E-state index in [0.29, 0.717) is 17.1 Å². The normalized spacial score (nSPS) is 12.2. The van der Waals surface area contributed by atoms with Crippen molar-refractivity contribution in [2.75, 3.05) is 7.11 Å². The molecule has 2 rings (SSSR count). The summed E-state index contributed by atoms with van der Waals surface area (Å²) in [5.41, 5.74) is 1.31. The van der Waals surface area contributed by atoms with Gasteiger partial charge in [-0.25, -0.2) is 9.67 Å². The number of methoxy groups -OCH3 is 1. The molecule has 0 amide bonds. The van der Waals surface area contributed by atoms with Gasteiger partial charge in [-0.05, 0) is 19.9 Å². The van der Waals surface area contributed by atoms with Crippen molar-refractivity contribution in [1.82, 2.24) is 19.7 Å². The van der Waals surface area contributed by atoms with Gasteiger partial charge in [0.25, 0.3) is 0 Å². The smallest absolute Gasteiger partial charge is 0.325 e. The largest absolute Gasteiger partial charge is 0.494 e. The Bertz CT molecular complexity index is 666. The summed E-state index contributed by atoms with van der Waals surface area (Å²) >= 11 is 0. The molecule has 0 saturated carbocycles. The summed E-state index contributed by atoms with van der Waals surface area (Å²) in [6.07, 6.45) is 0.639. The first kappa shape index (κ1) is 14.9. The number of carbonyl (C=O) groups is 1. The highest BCUT2D eigenvalue weighted by Gasteiger charge is 2.20. The topological polar surface area (TPSA) is 110 Å². The molecule has 0 aliphatic rings. The number of hydrogen-bond donors (Lipinski definition) is 2. The molecule has 0 aromatic carbocycles. The van der Waals surface area contributed by atoms with Crippen molar-refractivity contribution in [2.45, 2.75) is 26.5 Å². The molecule has 0 aliphatic carbocycles. The van der Waals surface area contributed by atoms with Crippen molar-refractivity contribution in [3.8, 4) is 17.1 Å². The van der Waals surface area contributed by atoms with Gasteiger partial charge < -0.3 is 14.9 Å². The van der Waals surface area contributed by atoms with Gasteiger partial charge in [0.15, 0.2) is 11.6 Å². The first-order chi connectivity index (χ1) is 9.92.